The first kappa shape index (κ1) is 13.3. The summed E-state index contributed by atoms with van der Waals surface area (Å²) in [5, 5.41) is 1.02. The Balaban J connectivity index is 2.12. The van der Waals surface area contributed by atoms with E-state index in [1.54, 1.807) is 6.92 Å². The number of para-hydroxylation sites is 1. The normalized spacial score (nSPS) is 10.8. The molecule has 0 fully saturated rings. The van der Waals surface area contributed by atoms with Crippen LogP contribution >= 0.6 is 0 Å². The van der Waals surface area contributed by atoms with E-state index in [1.165, 1.54) is 0 Å². The van der Waals surface area contributed by atoms with Gasteiger partial charge in [-0.15, -0.1) is 0 Å². The largest absolute Gasteiger partial charge is 0.436 e. The van der Waals surface area contributed by atoms with Crippen molar-refractivity contribution in [2.24, 2.45) is 0 Å². The Morgan fingerprint density at radius 3 is 2.57 bits per heavy atom. The number of hydrogen-bond donors (Lipinski definition) is 1. The predicted molar refractivity (Wildman–Crippen MR) is 82.5 cm³/mol. The maximum Gasteiger partial charge on any atom is 0.227 e. The van der Waals surface area contributed by atoms with Crippen LogP contribution in [-0.2, 0) is 0 Å². The molecule has 1 aromatic carbocycles. The summed E-state index contributed by atoms with van der Waals surface area (Å²) in [6.07, 6.45) is 0. The SMILES string of the molecule is Cc1ccc2cccc(Oc3nc(C)nc(N)c3C)c2n1. The number of aromatic nitrogens is 3. The van der Waals surface area contributed by atoms with Crippen LogP contribution in [-0.4, -0.2) is 15.0 Å². The summed E-state index contributed by atoms with van der Waals surface area (Å²) in [6.45, 7) is 5.58. The molecule has 0 saturated carbocycles. The number of nitrogen functional groups attached to an aromatic ring is 1. The average Bonchev–Trinajstić information content (AvgIpc) is 2.45. The highest BCUT2D eigenvalue weighted by atomic mass is 16.5. The summed E-state index contributed by atoms with van der Waals surface area (Å²) >= 11 is 0. The lowest BCUT2D eigenvalue weighted by Crippen LogP contribution is -2.02. The summed E-state index contributed by atoms with van der Waals surface area (Å²) in [7, 11) is 0. The Bertz CT molecular complexity index is 830. The summed E-state index contributed by atoms with van der Waals surface area (Å²) in [4.78, 5) is 13.0. The van der Waals surface area contributed by atoms with E-state index < -0.39 is 0 Å². The van der Waals surface area contributed by atoms with Gasteiger partial charge in [-0.1, -0.05) is 18.2 Å². The molecule has 2 heterocycles. The second-order valence-electron chi connectivity index (χ2n) is 4.97. The van der Waals surface area contributed by atoms with Gasteiger partial charge in [0.05, 0.1) is 5.56 Å². The minimum absolute atomic E-state index is 0.432. The van der Waals surface area contributed by atoms with Gasteiger partial charge in [-0.2, -0.15) is 4.98 Å². The number of pyridine rings is 1. The Labute approximate surface area is 122 Å². The van der Waals surface area contributed by atoms with Crippen LogP contribution in [0.15, 0.2) is 30.3 Å². The molecular weight excluding hydrogens is 264 g/mol. The van der Waals surface area contributed by atoms with E-state index in [0.717, 1.165) is 22.2 Å². The van der Waals surface area contributed by atoms with Crippen molar-refractivity contribution in [3.63, 3.8) is 0 Å². The van der Waals surface area contributed by atoms with Crippen LogP contribution in [0.3, 0.4) is 0 Å². The molecule has 0 unspecified atom stereocenters. The van der Waals surface area contributed by atoms with E-state index >= 15 is 0 Å². The van der Waals surface area contributed by atoms with Gasteiger partial charge in [-0.25, -0.2) is 9.97 Å². The van der Waals surface area contributed by atoms with Gasteiger partial charge in [-0.05, 0) is 32.9 Å². The lowest BCUT2D eigenvalue weighted by molar-refractivity contribution is 0.460. The second-order valence-corrected chi connectivity index (χ2v) is 4.97. The monoisotopic (exact) mass is 280 g/mol. The Morgan fingerprint density at radius 1 is 0.952 bits per heavy atom. The van der Waals surface area contributed by atoms with Gasteiger partial charge in [-0.3, -0.25) is 0 Å². The van der Waals surface area contributed by atoms with Crippen molar-refractivity contribution >= 4 is 16.7 Å². The molecule has 0 amide bonds. The van der Waals surface area contributed by atoms with E-state index in [-0.39, 0.29) is 0 Å². The molecule has 5 heteroatoms. The molecule has 0 saturated heterocycles. The molecular formula is C16H16N4O. The van der Waals surface area contributed by atoms with Crippen LogP contribution in [0.25, 0.3) is 10.9 Å². The molecule has 0 bridgehead atoms. The summed E-state index contributed by atoms with van der Waals surface area (Å²) in [5.41, 5.74) is 8.34. The molecule has 3 aromatic rings. The number of benzene rings is 1. The Kier molecular flexibility index (Phi) is 3.17. The average molecular weight is 280 g/mol. The maximum atomic E-state index is 5.95. The van der Waals surface area contributed by atoms with E-state index in [1.807, 2.05) is 44.2 Å². The van der Waals surface area contributed by atoms with Crippen LogP contribution in [0.2, 0.25) is 0 Å². The number of nitrogens with zero attached hydrogens (tertiary/aromatic N) is 3. The highest BCUT2D eigenvalue weighted by molar-refractivity contribution is 5.84. The van der Waals surface area contributed by atoms with Crippen LogP contribution in [0, 0.1) is 20.8 Å². The smallest absolute Gasteiger partial charge is 0.227 e. The molecule has 0 aliphatic rings. The fourth-order valence-electron chi connectivity index (χ4n) is 2.13. The zero-order chi connectivity index (χ0) is 15.0. The van der Waals surface area contributed by atoms with Crippen LogP contribution < -0.4 is 10.5 Å². The van der Waals surface area contributed by atoms with Gasteiger partial charge in [0, 0.05) is 11.1 Å². The van der Waals surface area contributed by atoms with E-state index in [9.17, 15) is 0 Å². The maximum absolute atomic E-state index is 5.95. The van der Waals surface area contributed by atoms with Gasteiger partial charge in [0.25, 0.3) is 0 Å². The van der Waals surface area contributed by atoms with Gasteiger partial charge < -0.3 is 10.5 Å². The Hall–Kier alpha value is -2.69. The molecule has 5 nitrogen and oxygen atoms in total. The fourth-order valence-corrected chi connectivity index (χ4v) is 2.13. The minimum Gasteiger partial charge on any atom is -0.436 e. The summed E-state index contributed by atoms with van der Waals surface area (Å²) in [6, 6.07) is 9.81. The zero-order valence-electron chi connectivity index (χ0n) is 12.2. The van der Waals surface area contributed by atoms with Crippen molar-refractivity contribution in [3.05, 3.63) is 47.4 Å². The third-order valence-electron chi connectivity index (χ3n) is 3.28. The summed E-state index contributed by atoms with van der Waals surface area (Å²) < 4.78 is 5.95. The van der Waals surface area contributed by atoms with E-state index in [0.29, 0.717) is 23.3 Å². The van der Waals surface area contributed by atoms with Crippen LogP contribution in [0.5, 0.6) is 11.6 Å². The number of rotatable bonds is 2. The molecule has 21 heavy (non-hydrogen) atoms. The van der Waals surface area contributed by atoms with Gasteiger partial charge in [0.15, 0.2) is 5.75 Å². The zero-order valence-corrected chi connectivity index (χ0v) is 12.2. The quantitative estimate of drug-likeness (QED) is 0.779. The highest BCUT2D eigenvalue weighted by Gasteiger charge is 2.11. The number of hydrogen-bond acceptors (Lipinski definition) is 5. The van der Waals surface area contributed by atoms with Gasteiger partial charge in [0.2, 0.25) is 5.88 Å². The first-order valence-corrected chi connectivity index (χ1v) is 6.69. The number of ether oxygens (including phenoxy) is 1. The third kappa shape index (κ3) is 2.50. The van der Waals surface area contributed by atoms with E-state index in [2.05, 4.69) is 15.0 Å². The van der Waals surface area contributed by atoms with Crippen molar-refractivity contribution in [2.45, 2.75) is 20.8 Å². The number of fused-ring (bicyclic) bond motifs is 1. The standard InChI is InChI=1S/C16H16N4O/c1-9-7-8-12-5-4-6-13(14(12)18-9)21-16-10(2)15(17)19-11(3)20-16/h4-8H,1-3H3,(H2,17,19,20). The third-order valence-corrected chi connectivity index (χ3v) is 3.28. The lowest BCUT2D eigenvalue weighted by atomic mass is 10.2. The first-order chi connectivity index (χ1) is 10.0. The number of aryl methyl sites for hydroxylation is 2. The molecule has 2 aromatic heterocycles. The second kappa shape index (κ2) is 5.01. The first-order valence-electron chi connectivity index (χ1n) is 6.69. The molecule has 0 aliphatic carbocycles. The summed E-state index contributed by atoms with van der Waals surface area (Å²) in [5.74, 6) is 2.15. The topological polar surface area (TPSA) is 73.9 Å². The van der Waals surface area contributed by atoms with Gasteiger partial charge in [0.1, 0.15) is 17.2 Å². The molecule has 106 valence electrons. The molecule has 0 radical (unpaired) electrons. The number of nitrogens with two attached hydrogens (primary N) is 1. The van der Waals surface area contributed by atoms with Crippen LogP contribution in [0.1, 0.15) is 17.1 Å². The number of anilines is 1. The van der Waals surface area contributed by atoms with Crippen LogP contribution in [0.4, 0.5) is 5.82 Å². The van der Waals surface area contributed by atoms with Crippen molar-refractivity contribution in [1.82, 2.24) is 15.0 Å². The minimum atomic E-state index is 0.432. The molecule has 0 atom stereocenters. The molecule has 0 aliphatic heterocycles. The van der Waals surface area contributed by atoms with Crippen molar-refractivity contribution in [3.8, 4) is 11.6 Å². The molecule has 3 rings (SSSR count). The van der Waals surface area contributed by atoms with E-state index in [4.69, 9.17) is 10.5 Å². The molecule has 2 N–H and O–H groups in total. The fraction of sp³-hybridized carbons (Fsp3) is 0.188. The van der Waals surface area contributed by atoms with Crippen molar-refractivity contribution in [2.75, 3.05) is 5.73 Å². The van der Waals surface area contributed by atoms with Crippen molar-refractivity contribution in [1.29, 1.82) is 0 Å². The highest BCUT2D eigenvalue weighted by Crippen LogP contribution is 2.30. The molecule has 0 spiro atoms. The van der Waals surface area contributed by atoms with Crippen molar-refractivity contribution < 1.29 is 4.74 Å². The predicted octanol–water partition coefficient (Wildman–Crippen LogP) is 3.32. The Morgan fingerprint density at radius 2 is 1.76 bits per heavy atom. The van der Waals surface area contributed by atoms with Gasteiger partial charge >= 0.3 is 0 Å². The lowest BCUT2D eigenvalue weighted by Gasteiger charge is -2.11.